The summed E-state index contributed by atoms with van der Waals surface area (Å²) in [7, 11) is 0. The highest BCUT2D eigenvalue weighted by molar-refractivity contribution is 5.57. The van der Waals surface area contributed by atoms with Crippen LogP contribution < -0.4 is 5.43 Å². The van der Waals surface area contributed by atoms with Crippen LogP contribution in [0.2, 0.25) is 0 Å². The van der Waals surface area contributed by atoms with Gasteiger partial charge in [-0.05, 0) is 43.3 Å². The maximum Gasteiger partial charge on any atom is 0.209 e. The molecule has 7 nitrogen and oxygen atoms in total. The third-order valence-corrected chi connectivity index (χ3v) is 4.06. The molecule has 0 aliphatic rings. The number of aromatic nitrogens is 5. The van der Waals surface area contributed by atoms with Gasteiger partial charge in [0, 0.05) is 24.2 Å². The average molecular weight is 354 g/mol. The van der Waals surface area contributed by atoms with Gasteiger partial charge in [-0.25, -0.2) is 9.36 Å². The number of pyridine rings is 1. The molecule has 1 aromatic carbocycles. The lowest BCUT2D eigenvalue weighted by Gasteiger charge is -2.10. The molecule has 0 atom stereocenters. The van der Waals surface area contributed by atoms with Crippen LogP contribution in [0.3, 0.4) is 0 Å². The van der Waals surface area contributed by atoms with Crippen LogP contribution in [0.5, 0.6) is 0 Å². The Morgan fingerprint density at radius 2 is 1.93 bits per heavy atom. The lowest BCUT2D eigenvalue weighted by Crippen LogP contribution is -2.15. The summed E-state index contributed by atoms with van der Waals surface area (Å²) in [6, 6.07) is 16.0. The second-order valence-corrected chi connectivity index (χ2v) is 5.92. The molecule has 0 radical (unpaired) electrons. The predicted octanol–water partition coefficient (Wildman–Crippen LogP) is 2.66. The van der Waals surface area contributed by atoms with Crippen molar-refractivity contribution < 1.29 is 0 Å². The van der Waals surface area contributed by atoms with Crippen molar-refractivity contribution in [1.29, 1.82) is 5.26 Å². The van der Waals surface area contributed by atoms with Crippen molar-refractivity contribution in [2.24, 2.45) is 0 Å². The Kier molecular flexibility index (Phi) is 4.07. The zero-order valence-corrected chi connectivity index (χ0v) is 14.4. The molecular formula is C20H14N6O. The van der Waals surface area contributed by atoms with Gasteiger partial charge >= 0.3 is 0 Å². The number of aryl methyl sites for hydroxylation is 1. The molecule has 3 aromatic heterocycles. The summed E-state index contributed by atoms with van der Waals surface area (Å²) in [4.78, 5) is 16.7. The second kappa shape index (κ2) is 6.69. The van der Waals surface area contributed by atoms with Crippen molar-refractivity contribution in [3.05, 3.63) is 88.6 Å². The summed E-state index contributed by atoms with van der Waals surface area (Å²) in [5.41, 5.74) is 3.50. The normalized spacial score (nSPS) is 10.5. The van der Waals surface area contributed by atoms with E-state index in [1.165, 1.54) is 6.07 Å². The number of nitrogens with zero attached hydrogens (tertiary/aromatic N) is 6. The van der Waals surface area contributed by atoms with Crippen LogP contribution >= 0.6 is 0 Å². The summed E-state index contributed by atoms with van der Waals surface area (Å²) in [5, 5.41) is 17.9. The smallest absolute Gasteiger partial charge is 0.209 e. The Morgan fingerprint density at radius 3 is 2.74 bits per heavy atom. The largest absolute Gasteiger partial charge is 0.287 e. The molecule has 0 saturated heterocycles. The molecule has 130 valence electrons. The molecule has 0 amide bonds. The standard InChI is InChI=1S/C20H14N6O/c1-14-11-17(5-8-22-14)26-18(6-9-23-26)20-19(27)7-10-25(24-20)16-4-2-3-15(12-16)13-21/h2-12H,1H3. The van der Waals surface area contributed by atoms with Gasteiger partial charge in [-0.1, -0.05) is 6.07 Å². The first-order valence-corrected chi connectivity index (χ1v) is 8.24. The van der Waals surface area contributed by atoms with Crippen LogP contribution in [0.1, 0.15) is 11.3 Å². The molecular weight excluding hydrogens is 340 g/mol. The fourth-order valence-corrected chi connectivity index (χ4v) is 2.80. The van der Waals surface area contributed by atoms with Gasteiger partial charge in [0.25, 0.3) is 0 Å². The molecule has 0 aliphatic heterocycles. The SMILES string of the molecule is Cc1cc(-n2nccc2-c2nn(-c3cccc(C#N)c3)ccc2=O)ccn1. The maximum absolute atomic E-state index is 12.5. The van der Waals surface area contributed by atoms with E-state index in [2.05, 4.69) is 21.3 Å². The Hall–Kier alpha value is -4.05. The molecule has 0 aliphatic carbocycles. The first kappa shape index (κ1) is 16.4. The van der Waals surface area contributed by atoms with Crippen molar-refractivity contribution in [3.63, 3.8) is 0 Å². The lowest BCUT2D eigenvalue weighted by atomic mass is 10.2. The van der Waals surface area contributed by atoms with E-state index in [0.29, 0.717) is 16.9 Å². The predicted molar refractivity (Wildman–Crippen MR) is 99.6 cm³/mol. The Morgan fingerprint density at radius 1 is 1.04 bits per heavy atom. The van der Waals surface area contributed by atoms with E-state index in [1.54, 1.807) is 52.2 Å². The van der Waals surface area contributed by atoms with E-state index in [4.69, 9.17) is 5.26 Å². The van der Waals surface area contributed by atoms with Gasteiger partial charge in [-0.15, -0.1) is 0 Å². The van der Waals surface area contributed by atoms with E-state index < -0.39 is 0 Å². The zero-order valence-electron chi connectivity index (χ0n) is 14.4. The summed E-state index contributed by atoms with van der Waals surface area (Å²) < 4.78 is 3.24. The van der Waals surface area contributed by atoms with Crippen LogP contribution in [-0.4, -0.2) is 24.5 Å². The van der Waals surface area contributed by atoms with Crippen molar-refractivity contribution in [1.82, 2.24) is 24.5 Å². The maximum atomic E-state index is 12.5. The van der Waals surface area contributed by atoms with Gasteiger partial charge in [-0.2, -0.15) is 15.5 Å². The molecule has 4 rings (SSSR count). The first-order chi connectivity index (χ1) is 13.2. The molecule has 0 unspecified atom stereocenters. The zero-order chi connectivity index (χ0) is 18.8. The molecule has 0 N–H and O–H groups in total. The summed E-state index contributed by atoms with van der Waals surface area (Å²) in [5.74, 6) is 0. The molecule has 27 heavy (non-hydrogen) atoms. The third kappa shape index (κ3) is 3.12. The molecule has 0 fully saturated rings. The minimum absolute atomic E-state index is 0.213. The molecule has 0 spiro atoms. The topological polar surface area (TPSA) is 89.4 Å². The highest BCUT2D eigenvalue weighted by Gasteiger charge is 2.14. The van der Waals surface area contributed by atoms with Crippen LogP contribution in [0.15, 0.2) is 71.9 Å². The highest BCUT2D eigenvalue weighted by atomic mass is 16.1. The second-order valence-electron chi connectivity index (χ2n) is 5.92. The van der Waals surface area contributed by atoms with Crippen LogP contribution in [0, 0.1) is 18.3 Å². The first-order valence-electron chi connectivity index (χ1n) is 8.24. The van der Waals surface area contributed by atoms with Crippen molar-refractivity contribution >= 4 is 0 Å². The minimum Gasteiger partial charge on any atom is -0.287 e. The molecule has 7 heteroatoms. The van der Waals surface area contributed by atoms with Gasteiger partial charge in [0.1, 0.15) is 0 Å². The third-order valence-electron chi connectivity index (χ3n) is 4.06. The van der Waals surface area contributed by atoms with Crippen molar-refractivity contribution in [2.75, 3.05) is 0 Å². The molecule has 3 heterocycles. The summed E-state index contributed by atoms with van der Waals surface area (Å²) >= 11 is 0. The van der Waals surface area contributed by atoms with Gasteiger partial charge in [-0.3, -0.25) is 9.78 Å². The highest BCUT2D eigenvalue weighted by Crippen LogP contribution is 2.19. The number of hydrogen-bond donors (Lipinski definition) is 0. The Bertz CT molecular complexity index is 1230. The van der Waals surface area contributed by atoms with Crippen molar-refractivity contribution in [2.45, 2.75) is 6.92 Å². The van der Waals surface area contributed by atoms with Gasteiger partial charge in [0.05, 0.1) is 34.9 Å². The van der Waals surface area contributed by atoms with Crippen LogP contribution in [-0.2, 0) is 0 Å². The van der Waals surface area contributed by atoms with Crippen molar-refractivity contribution in [3.8, 4) is 28.8 Å². The number of benzene rings is 1. The number of nitriles is 1. The molecule has 0 bridgehead atoms. The van der Waals surface area contributed by atoms with E-state index in [9.17, 15) is 4.79 Å². The Balaban J connectivity index is 1.86. The van der Waals surface area contributed by atoms with E-state index in [1.807, 2.05) is 25.1 Å². The average Bonchev–Trinajstić information content (AvgIpc) is 3.18. The minimum atomic E-state index is -0.213. The quantitative estimate of drug-likeness (QED) is 0.564. The van der Waals surface area contributed by atoms with E-state index in [0.717, 1.165) is 11.4 Å². The van der Waals surface area contributed by atoms with Gasteiger partial charge in [0.15, 0.2) is 5.69 Å². The van der Waals surface area contributed by atoms with Gasteiger partial charge < -0.3 is 0 Å². The van der Waals surface area contributed by atoms with Crippen LogP contribution in [0.25, 0.3) is 22.8 Å². The molecule has 4 aromatic rings. The number of hydrogen-bond acceptors (Lipinski definition) is 5. The number of rotatable bonds is 3. The summed E-state index contributed by atoms with van der Waals surface area (Å²) in [6.07, 6.45) is 4.90. The van der Waals surface area contributed by atoms with Gasteiger partial charge in [0.2, 0.25) is 5.43 Å². The van der Waals surface area contributed by atoms with E-state index >= 15 is 0 Å². The summed E-state index contributed by atoms with van der Waals surface area (Å²) in [6.45, 7) is 1.89. The molecule has 0 saturated carbocycles. The Labute approximate surface area is 154 Å². The monoisotopic (exact) mass is 354 g/mol. The fourth-order valence-electron chi connectivity index (χ4n) is 2.80. The fraction of sp³-hybridized carbons (Fsp3) is 0.0500. The lowest BCUT2D eigenvalue weighted by molar-refractivity contribution is 0.821. The van der Waals surface area contributed by atoms with E-state index in [-0.39, 0.29) is 11.1 Å². The van der Waals surface area contributed by atoms with Crippen LogP contribution in [0.4, 0.5) is 0 Å².